The second-order valence-electron chi connectivity index (χ2n) is 5.85. The number of phenols is 1. The molecule has 29 heavy (non-hydrogen) atoms. The molecule has 1 aliphatic heterocycles. The van der Waals surface area contributed by atoms with Crippen molar-refractivity contribution < 1.29 is 24.5 Å². The van der Waals surface area contributed by atoms with E-state index in [0.29, 0.717) is 5.56 Å². The standard InChI is InChI=1S/C12H17NO.C8H9NO2.CH4O.CH2O/c1-2-5-12(6-3-1)11-13-7-4-9-14-10-8-13;1-9-8(11)6-2-4-7(10)5-3-6;2*1-2/h1-3,5-6H,4,7-11H2;2-5,10H,1H3,(H,9,11);2H,1H3;1H2. The fourth-order valence-corrected chi connectivity index (χ4v) is 2.55. The molecule has 160 valence electrons. The summed E-state index contributed by atoms with van der Waals surface area (Å²) >= 11 is 0. The van der Waals surface area contributed by atoms with Crippen molar-refractivity contribution in [2.24, 2.45) is 0 Å². The Morgan fingerprint density at radius 2 is 1.66 bits per heavy atom. The third kappa shape index (κ3) is 11.6. The van der Waals surface area contributed by atoms with Crippen molar-refractivity contribution in [3.05, 3.63) is 65.7 Å². The number of benzene rings is 2. The van der Waals surface area contributed by atoms with E-state index in [4.69, 9.17) is 19.7 Å². The third-order valence-corrected chi connectivity index (χ3v) is 3.92. The van der Waals surface area contributed by atoms with Crippen LogP contribution in [0.2, 0.25) is 0 Å². The minimum atomic E-state index is -0.148. The molecular weight excluding hydrogens is 372 g/mol. The SMILES string of the molecule is C=O.CNC(=O)c1ccc(O)cc1.CO.c1ccc(CN2CCCOCC2)cc1. The van der Waals surface area contributed by atoms with E-state index in [1.165, 1.54) is 17.7 Å². The maximum Gasteiger partial charge on any atom is 0.251 e. The van der Waals surface area contributed by atoms with E-state index in [0.717, 1.165) is 46.4 Å². The Labute approximate surface area is 172 Å². The molecule has 0 aliphatic carbocycles. The first-order valence-electron chi connectivity index (χ1n) is 9.28. The molecule has 1 aliphatic rings. The van der Waals surface area contributed by atoms with Crippen LogP contribution in [0.25, 0.3) is 0 Å². The molecule has 2 aromatic carbocycles. The summed E-state index contributed by atoms with van der Waals surface area (Å²) in [5, 5.41) is 18.4. The lowest BCUT2D eigenvalue weighted by Gasteiger charge is -2.18. The van der Waals surface area contributed by atoms with Crippen molar-refractivity contribution in [3.63, 3.8) is 0 Å². The number of aliphatic hydroxyl groups excluding tert-OH is 1. The Hall–Kier alpha value is -2.74. The molecule has 0 spiro atoms. The molecule has 0 atom stereocenters. The summed E-state index contributed by atoms with van der Waals surface area (Å²) in [4.78, 5) is 21.4. The summed E-state index contributed by atoms with van der Waals surface area (Å²) < 4.78 is 5.42. The van der Waals surface area contributed by atoms with Gasteiger partial charge in [-0.15, -0.1) is 0 Å². The Bertz CT molecular complexity index is 642. The zero-order valence-electron chi connectivity index (χ0n) is 17.2. The molecule has 0 aromatic heterocycles. The maximum atomic E-state index is 10.9. The molecule has 1 heterocycles. The van der Waals surface area contributed by atoms with E-state index in [1.54, 1.807) is 19.2 Å². The molecule has 1 fully saturated rings. The fraction of sp³-hybridized carbons (Fsp3) is 0.364. The molecule has 0 radical (unpaired) electrons. The molecule has 0 bridgehead atoms. The number of carbonyl (C=O) groups excluding carboxylic acids is 2. The summed E-state index contributed by atoms with van der Waals surface area (Å²) in [6.45, 7) is 7.09. The molecule has 0 saturated carbocycles. The molecule has 0 unspecified atom stereocenters. The number of phenolic OH excluding ortho intramolecular Hbond substituents is 1. The average molecular weight is 405 g/mol. The lowest BCUT2D eigenvalue weighted by molar-refractivity contribution is -0.0980. The molecule has 1 amide bonds. The minimum Gasteiger partial charge on any atom is -0.508 e. The quantitative estimate of drug-likeness (QED) is 0.724. The Morgan fingerprint density at radius 1 is 1.03 bits per heavy atom. The minimum absolute atomic E-state index is 0.148. The highest BCUT2D eigenvalue weighted by atomic mass is 16.5. The molecule has 1 saturated heterocycles. The lowest BCUT2D eigenvalue weighted by atomic mass is 10.2. The summed E-state index contributed by atoms with van der Waals surface area (Å²) in [6, 6.07) is 16.7. The number of aromatic hydroxyl groups is 1. The zero-order valence-corrected chi connectivity index (χ0v) is 17.2. The van der Waals surface area contributed by atoms with E-state index in [-0.39, 0.29) is 11.7 Å². The zero-order chi connectivity index (χ0) is 21.9. The highest BCUT2D eigenvalue weighted by Gasteiger charge is 2.08. The van der Waals surface area contributed by atoms with Gasteiger partial charge in [-0.2, -0.15) is 0 Å². The monoisotopic (exact) mass is 404 g/mol. The van der Waals surface area contributed by atoms with E-state index in [1.807, 2.05) is 6.79 Å². The van der Waals surface area contributed by atoms with Crippen molar-refractivity contribution in [2.75, 3.05) is 40.5 Å². The van der Waals surface area contributed by atoms with Crippen LogP contribution in [0.5, 0.6) is 5.75 Å². The molecule has 2 aromatic rings. The first kappa shape index (κ1) is 26.3. The van der Waals surface area contributed by atoms with Gasteiger partial charge in [0.05, 0.1) is 6.61 Å². The largest absolute Gasteiger partial charge is 0.508 e. The van der Waals surface area contributed by atoms with E-state index in [9.17, 15) is 4.79 Å². The predicted octanol–water partition coefficient (Wildman–Crippen LogP) is 2.08. The van der Waals surface area contributed by atoms with Crippen LogP contribution in [0.1, 0.15) is 22.3 Å². The molecular formula is C22H32N2O5. The maximum absolute atomic E-state index is 10.9. The van der Waals surface area contributed by atoms with Crippen LogP contribution < -0.4 is 5.32 Å². The highest BCUT2D eigenvalue weighted by Crippen LogP contribution is 2.09. The number of hydrogen-bond acceptors (Lipinski definition) is 6. The van der Waals surface area contributed by atoms with Gasteiger partial charge in [0, 0.05) is 46.0 Å². The van der Waals surface area contributed by atoms with E-state index < -0.39 is 0 Å². The van der Waals surface area contributed by atoms with Crippen LogP contribution in [0.3, 0.4) is 0 Å². The second kappa shape index (κ2) is 17.4. The van der Waals surface area contributed by atoms with Crippen LogP contribution in [-0.4, -0.2) is 68.3 Å². The van der Waals surface area contributed by atoms with E-state index >= 15 is 0 Å². The number of nitrogens with zero attached hydrogens (tertiary/aromatic N) is 1. The van der Waals surface area contributed by atoms with Crippen LogP contribution in [0, 0.1) is 0 Å². The number of aliphatic hydroxyl groups is 1. The first-order valence-corrected chi connectivity index (χ1v) is 9.28. The summed E-state index contributed by atoms with van der Waals surface area (Å²) in [5.41, 5.74) is 1.94. The average Bonchev–Trinajstić information content (AvgIpc) is 3.06. The molecule has 3 N–H and O–H groups in total. The first-order chi connectivity index (χ1) is 14.2. The van der Waals surface area contributed by atoms with Gasteiger partial charge in [-0.25, -0.2) is 0 Å². The summed E-state index contributed by atoms with van der Waals surface area (Å²) in [5.74, 6) is 0.0163. The van der Waals surface area contributed by atoms with Gasteiger partial charge in [0.15, 0.2) is 0 Å². The molecule has 7 nitrogen and oxygen atoms in total. The Morgan fingerprint density at radius 3 is 2.24 bits per heavy atom. The number of hydrogen-bond donors (Lipinski definition) is 3. The van der Waals surface area contributed by atoms with Gasteiger partial charge in [-0.1, -0.05) is 30.3 Å². The molecule has 7 heteroatoms. The van der Waals surface area contributed by atoms with Crippen LogP contribution >= 0.6 is 0 Å². The van der Waals surface area contributed by atoms with Crippen LogP contribution in [0.4, 0.5) is 0 Å². The smallest absolute Gasteiger partial charge is 0.251 e. The lowest BCUT2D eigenvalue weighted by Crippen LogP contribution is -2.25. The van der Waals surface area contributed by atoms with Gasteiger partial charge < -0.3 is 25.1 Å². The summed E-state index contributed by atoms with van der Waals surface area (Å²) in [7, 11) is 2.56. The topological polar surface area (TPSA) is 99.1 Å². The number of ether oxygens (including phenoxy) is 1. The van der Waals surface area contributed by atoms with Gasteiger partial charge in [-0.3, -0.25) is 9.69 Å². The number of amides is 1. The van der Waals surface area contributed by atoms with Gasteiger partial charge in [-0.05, 0) is 36.2 Å². The number of carbonyl (C=O) groups is 2. The van der Waals surface area contributed by atoms with E-state index in [2.05, 4.69) is 40.5 Å². The van der Waals surface area contributed by atoms with Gasteiger partial charge in [0.1, 0.15) is 12.5 Å². The number of rotatable bonds is 3. The van der Waals surface area contributed by atoms with Crippen molar-refractivity contribution >= 4 is 12.7 Å². The van der Waals surface area contributed by atoms with Crippen molar-refractivity contribution in [3.8, 4) is 5.75 Å². The number of nitrogens with one attached hydrogen (secondary N) is 1. The highest BCUT2D eigenvalue weighted by molar-refractivity contribution is 5.94. The predicted molar refractivity (Wildman–Crippen MR) is 114 cm³/mol. The van der Waals surface area contributed by atoms with Gasteiger partial charge >= 0.3 is 0 Å². The summed E-state index contributed by atoms with van der Waals surface area (Å²) in [6.07, 6.45) is 1.16. The second-order valence-corrected chi connectivity index (χ2v) is 5.85. The van der Waals surface area contributed by atoms with Gasteiger partial charge in [0.2, 0.25) is 0 Å². The molecule has 3 rings (SSSR count). The third-order valence-electron chi connectivity index (χ3n) is 3.92. The van der Waals surface area contributed by atoms with Crippen molar-refractivity contribution in [1.29, 1.82) is 0 Å². The Kier molecular flexibility index (Phi) is 15.7. The van der Waals surface area contributed by atoms with Crippen LogP contribution in [0.15, 0.2) is 54.6 Å². The fourth-order valence-electron chi connectivity index (χ4n) is 2.55. The van der Waals surface area contributed by atoms with Crippen molar-refractivity contribution in [2.45, 2.75) is 13.0 Å². The van der Waals surface area contributed by atoms with Crippen LogP contribution in [-0.2, 0) is 16.1 Å². The Balaban J connectivity index is 0.000000472. The van der Waals surface area contributed by atoms with Gasteiger partial charge in [0.25, 0.3) is 5.91 Å². The normalized spacial score (nSPS) is 13.1. The van der Waals surface area contributed by atoms with Crippen molar-refractivity contribution in [1.82, 2.24) is 10.2 Å².